The summed E-state index contributed by atoms with van der Waals surface area (Å²) in [6.45, 7) is 18.4. The third-order valence-corrected chi connectivity index (χ3v) is 15.9. The highest BCUT2D eigenvalue weighted by atomic mass is 35.5. The van der Waals surface area contributed by atoms with E-state index < -0.39 is 108 Å². The van der Waals surface area contributed by atoms with E-state index in [2.05, 4.69) is 10.6 Å². The number of halogens is 1. The summed E-state index contributed by atoms with van der Waals surface area (Å²) in [6.07, 6.45) is -10.2. The molecule has 3 heterocycles. The van der Waals surface area contributed by atoms with Crippen molar-refractivity contribution in [2.75, 3.05) is 41.3 Å². The standard InChI is InChI=1S/C55H87ClN4O14/c1-15-42-55(10,66)47(73-52(64)58-30-38-21-17-16-18-22-38)36(6)60(13)31-32(2)28-53(8,65)46(72-50-44(61)41(59(11)12)27-33(3)68-50)34(4)45(35(5)49(62)70-42)71-43-29-54(9,67-14)48(37(7)69-43)74-51(63)57-26-25-39-23-19-20-24-40(39)56/h16-24,32-37,41-48,50,61,65-66H,15,25-31H2,1-14H3,(H,57,63)(H,58,64)/t32-,33-,34+,35-,36-,37+,41+,42-,43+,44-,45+,46-,47-,48+,50+,53+,54-,55-/m1/s1. The summed E-state index contributed by atoms with van der Waals surface area (Å²) in [5, 5.41) is 43.6. The average molecular weight is 1060 g/mol. The molecule has 18 nitrogen and oxygen atoms in total. The minimum Gasteiger partial charge on any atom is -0.459 e. The lowest BCUT2D eigenvalue weighted by atomic mass is 9.77. The molecule has 3 fully saturated rings. The number of amides is 2. The van der Waals surface area contributed by atoms with Crippen LogP contribution in [0.5, 0.6) is 0 Å². The van der Waals surface area contributed by atoms with Crippen molar-refractivity contribution >= 4 is 29.8 Å². The zero-order valence-corrected chi connectivity index (χ0v) is 46.9. The van der Waals surface area contributed by atoms with Crippen LogP contribution in [0.25, 0.3) is 0 Å². The minimum absolute atomic E-state index is 0.0315. The van der Waals surface area contributed by atoms with Crippen LogP contribution >= 0.6 is 11.6 Å². The summed E-state index contributed by atoms with van der Waals surface area (Å²) in [7, 11) is 7.10. The van der Waals surface area contributed by atoms with Crippen LogP contribution in [0.3, 0.4) is 0 Å². The smallest absolute Gasteiger partial charge is 0.407 e. The number of carbonyl (C=O) groups excluding carboxylic acids is 3. The van der Waals surface area contributed by atoms with Crippen LogP contribution in [0, 0.1) is 17.8 Å². The number of nitrogens with one attached hydrogen (secondary N) is 2. The van der Waals surface area contributed by atoms with E-state index in [1.54, 1.807) is 47.6 Å². The molecule has 74 heavy (non-hydrogen) atoms. The summed E-state index contributed by atoms with van der Waals surface area (Å²) in [5.74, 6) is -3.00. The van der Waals surface area contributed by atoms with Gasteiger partial charge in [0.2, 0.25) is 0 Å². The quantitative estimate of drug-likeness (QED) is 0.101. The number of aliphatic hydroxyl groups excluding tert-OH is 1. The molecular weight excluding hydrogens is 976 g/mol. The highest BCUT2D eigenvalue weighted by molar-refractivity contribution is 6.31. The Hall–Kier alpha value is -3.66. The van der Waals surface area contributed by atoms with Crippen LogP contribution in [0.1, 0.15) is 106 Å². The van der Waals surface area contributed by atoms with Crippen LogP contribution in [0.15, 0.2) is 54.6 Å². The molecule has 0 radical (unpaired) electrons. The first-order valence-electron chi connectivity index (χ1n) is 26.3. The molecule has 2 aromatic carbocycles. The van der Waals surface area contributed by atoms with Crippen LogP contribution in [-0.4, -0.2) is 175 Å². The predicted octanol–water partition coefficient (Wildman–Crippen LogP) is 6.46. The van der Waals surface area contributed by atoms with Gasteiger partial charge in [-0.15, -0.1) is 0 Å². The van der Waals surface area contributed by atoms with Gasteiger partial charge in [-0.2, -0.15) is 0 Å². The Morgan fingerprint density at radius 3 is 2.15 bits per heavy atom. The van der Waals surface area contributed by atoms with Crippen molar-refractivity contribution in [1.82, 2.24) is 20.4 Å². The van der Waals surface area contributed by atoms with E-state index in [-0.39, 0.29) is 50.4 Å². The number of methoxy groups -OCH3 is 1. The second-order valence-electron chi connectivity index (χ2n) is 22.0. The Balaban J connectivity index is 1.51. The largest absolute Gasteiger partial charge is 0.459 e. The zero-order valence-electron chi connectivity index (χ0n) is 46.1. The second-order valence-corrected chi connectivity index (χ2v) is 22.4. The highest BCUT2D eigenvalue weighted by Gasteiger charge is 2.54. The van der Waals surface area contributed by atoms with Crippen LogP contribution < -0.4 is 10.6 Å². The van der Waals surface area contributed by atoms with Gasteiger partial charge in [0.05, 0.1) is 35.9 Å². The van der Waals surface area contributed by atoms with Crippen molar-refractivity contribution in [1.29, 1.82) is 0 Å². The first kappa shape index (κ1) is 61.2. The topological polar surface area (TPSA) is 216 Å². The lowest BCUT2D eigenvalue weighted by molar-refractivity contribution is -0.317. The Bertz CT molecular complexity index is 2100. The molecule has 2 aromatic rings. The lowest BCUT2D eigenvalue weighted by Crippen LogP contribution is -2.61. The van der Waals surface area contributed by atoms with E-state index in [0.29, 0.717) is 24.4 Å². The number of esters is 1. The van der Waals surface area contributed by atoms with Crippen molar-refractivity contribution < 1.29 is 67.6 Å². The molecule has 0 spiro atoms. The Morgan fingerprint density at radius 1 is 0.878 bits per heavy atom. The number of alkyl carbamates (subject to hydrolysis) is 2. The molecular formula is C55H87ClN4O14. The number of aliphatic hydroxyl groups is 3. The Labute approximate surface area is 444 Å². The number of ether oxygens (including phenoxy) is 8. The molecule has 0 aromatic heterocycles. The van der Waals surface area contributed by atoms with Crippen molar-refractivity contribution in [2.24, 2.45) is 17.8 Å². The summed E-state index contributed by atoms with van der Waals surface area (Å²) >= 11 is 6.34. The molecule has 5 N–H and O–H groups in total. The fourth-order valence-corrected chi connectivity index (χ4v) is 11.5. The van der Waals surface area contributed by atoms with Crippen molar-refractivity contribution in [3.05, 3.63) is 70.7 Å². The number of rotatable bonds is 14. The Kier molecular flexibility index (Phi) is 22.0. The number of carbonyl (C=O) groups is 3. The normalized spacial score (nSPS) is 38.0. The first-order valence-corrected chi connectivity index (χ1v) is 26.6. The van der Waals surface area contributed by atoms with Crippen molar-refractivity contribution in [3.63, 3.8) is 0 Å². The first-order chi connectivity index (χ1) is 34.7. The third-order valence-electron chi connectivity index (χ3n) is 15.5. The maximum Gasteiger partial charge on any atom is 0.407 e. The number of hydrogen-bond acceptors (Lipinski definition) is 16. The molecule has 3 aliphatic rings. The molecule has 18 atom stereocenters. The average Bonchev–Trinajstić information content (AvgIpc) is 3.34. The van der Waals surface area contributed by atoms with E-state index in [9.17, 15) is 29.7 Å². The Morgan fingerprint density at radius 2 is 1.51 bits per heavy atom. The van der Waals surface area contributed by atoms with Gasteiger partial charge in [0, 0.05) is 56.2 Å². The van der Waals surface area contributed by atoms with E-state index in [4.69, 9.17) is 49.5 Å². The summed E-state index contributed by atoms with van der Waals surface area (Å²) in [4.78, 5) is 45.7. The summed E-state index contributed by atoms with van der Waals surface area (Å²) < 4.78 is 51.2. The molecule has 0 bridgehead atoms. The maximum absolute atomic E-state index is 14.9. The van der Waals surface area contributed by atoms with Crippen LogP contribution in [0.2, 0.25) is 5.02 Å². The summed E-state index contributed by atoms with van der Waals surface area (Å²) in [5.41, 5.74) is -3.05. The van der Waals surface area contributed by atoms with E-state index in [0.717, 1.165) is 11.1 Å². The lowest BCUT2D eigenvalue weighted by Gasteiger charge is -2.49. The maximum atomic E-state index is 14.9. The second kappa shape index (κ2) is 26.6. The molecule has 3 aliphatic heterocycles. The van der Waals surface area contributed by atoms with Crippen molar-refractivity contribution in [2.45, 2.75) is 198 Å². The van der Waals surface area contributed by atoms with Gasteiger partial charge < -0.3 is 68.7 Å². The van der Waals surface area contributed by atoms with E-state index in [1.165, 1.54) is 14.0 Å². The fraction of sp³-hybridized carbons (Fsp3) is 0.727. The van der Waals surface area contributed by atoms with Crippen LogP contribution in [-0.2, 0) is 55.7 Å². The number of benzene rings is 2. The number of hydrogen-bond donors (Lipinski definition) is 5. The third kappa shape index (κ3) is 15.5. The van der Waals surface area contributed by atoms with Gasteiger partial charge in [-0.25, -0.2) is 9.59 Å². The van der Waals surface area contributed by atoms with Gasteiger partial charge in [0.15, 0.2) is 24.8 Å². The van der Waals surface area contributed by atoms with Gasteiger partial charge in [0.1, 0.15) is 23.4 Å². The van der Waals surface area contributed by atoms with Crippen LogP contribution in [0.4, 0.5) is 9.59 Å². The monoisotopic (exact) mass is 1060 g/mol. The molecule has 2 amide bonds. The predicted molar refractivity (Wildman–Crippen MR) is 279 cm³/mol. The molecule has 19 heteroatoms. The zero-order chi connectivity index (χ0) is 54.9. The minimum atomic E-state index is -1.93. The highest BCUT2D eigenvalue weighted by Crippen LogP contribution is 2.41. The number of cyclic esters (lactones) is 1. The van der Waals surface area contributed by atoms with Gasteiger partial charge in [0.25, 0.3) is 0 Å². The van der Waals surface area contributed by atoms with Gasteiger partial charge in [-0.05, 0) is 118 Å². The van der Waals surface area contributed by atoms with Gasteiger partial charge in [-0.3, -0.25) is 9.69 Å². The summed E-state index contributed by atoms with van der Waals surface area (Å²) in [6, 6.07) is 15.8. The van der Waals surface area contributed by atoms with Gasteiger partial charge in [-0.1, -0.05) is 80.9 Å². The molecule has 418 valence electrons. The molecule has 3 saturated heterocycles. The molecule has 5 rings (SSSR count). The fourth-order valence-electron chi connectivity index (χ4n) is 11.2. The van der Waals surface area contributed by atoms with E-state index in [1.807, 2.05) is 100 Å². The number of likely N-dealkylation sites (N-methyl/N-ethyl adjacent to an activating group) is 2. The molecule has 0 aliphatic carbocycles. The molecule has 0 unspecified atom stereocenters. The number of nitrogens with zero attached hydrogens (tertiary/aromatic N) is 2. The molecule has 0 saturated carbocycles. The van der Waals surface area contributed by atoms with E-state index >= 15 is 0 Å². The van der Waals surface area contributed by atoms with Crippen molar-refractivity contribution in [3.8, 4) is 0 Å². The SMILES string of the molecule is CC[C@H]1OC(=O)[C@H](C)[C@@H](O[C@H]2C[C@@](C)(OC)[C@@H](OC(=O)NCCc3ccccc3Cl)[C@H](C)O2)[C@H](C)[C@@H](O[C@@H]2O[C@H](C)C[C@H](N(C)C)[C@H]2O)[C@@](C)(O)C[C@@H](C)CN(C)[C@H](C)[C@@H](OC(=O)NCc2ccccc2)[C@]1(C)O. The van der Waals surface area contributed by atoms with Gasteiger partial charge >= 0.3 is 18.2 Å².